The molecular weight excluding hydrogens is 306 g/mol. The second-order valence-corrected chi connectivity index (χ2v) is 7.19. The molecule has 0 amide bonds. The maximum absolute atomic E-state index is 6.20. The van der Waals surface area contributed by atoms with Crippen molar-refractivity contribution in [3.63, 3.8) is 0 Å². The first kappa shape index (κ1) is 14.1. The van der Waals surface area contributed by atoms with Crippen molar-refractivity contribution >= 4 is 46.5 Å². The van der Waals surface area contributed by atoms with Gasteiger partial charge in [0.1, 0.15) is 0 Å². The minimum absolute atomic E-state index is 0.611. The third-order valence-corrected chi connectivity index (χ3v) is 5.50. The quantitative estimate of drug-likeness (QED) is 0.854. The zero-order valence-electron chi connectivity index (χ0n) is 9.72. The topological polar surface area (TPSA) is 51.8 Å². The third-order valence-electron chi connectivity index (χ3n) is 2.21. The Kier molecular flexibility index (Phi) is 5.32. The van der Waals surface area contributed by atoms with Gasteiger partial charge < -0.3 is 5.73 Å². The molecule has 1 aromatic carbocycles. The number of nitrogens with zero attached hydrogens (tertiary/aromatic N) is 2. The molecule has 0 fully saturated rings. The summed E-state index contributed by atoms with van der Waals surface area (Å²) >= 11 is 11.0. The maximum Gasteiger partial charge on any atom is 0.179 e. The average Bonchev–Trinajstić information content (AvgIpc) is 2.80. The summed E-state index contributed by atoms with van der Waals surface area (Å²) in [4.78, 5) is 1.07. The molecule has 0 aliphatic carbocycles. The summed E-state index contributed by atoms with van der Waals surface area (Å²) in [5, 5.41) is 8.94. The van der Waals surface area contributed by atoms with Crippen LogP contribution in [0.5, 0.6) is 0 Å². The van der Waals surface area contributed by atoms with Crippen LogP contribution in [-0.2, 0) is 6.42 Å². The molecule has 1 aromatic heterocycles. The van der Waals surface area contributed by atoms with Crippen LogP contribution in [0.3, 0.4) is 0 Å². The predicted octanol–water partition coefficient (Wildman–Crippen LogP) is 3.57. The van der Waals surface area contributed by atoms with Crippen LogP contribution in [0, 0.1) is 0 Å². The van der Waals surface area contributed by atoms with Crippen molar-refractivity contribution in [1.82, 2.24) is 10.2 Å². The molecular formula is C11H12ClN3S3. The smallest absolute Gasteiger partial charge is 0.179 e. The molecule has 1 heterocycles. The predicted molar refractivity (Wildman–Crippen MR) is 80.0 cm³/mol. The molecule has 3 nitrogen and oxygen atoms in total. The van der Waals surface area contributed by atoms with Gasteiger partial charge in [-0.3, -0.25) is 0 Å². The summed E-state index contributed by atoms with van der Waals surface area (Å²) in [6, 6.07) is 6.02. The zero-order valence-corrected chi connectivity index (χ0v) is 12.9. The molecule has 2 aromatic rings. The number of benzene rings is 1. The number of rotatable bonds is 5. The maximum atomic E-state index is 6.20. The van der Waals surface area contributed by atoms with Gasteiger partial charge in [-0.2, -0.15) is 0 Å². The van der Waals surface area contributed by atoms with Crippen LogP contribution in [0.1, 0.15) is 5.56 Å². The molecule has 0 atom stereocenters. The Morgan fingerprint density at radius 2 is 2.11 bits per heavy atom. The highest BCUT2D eigenvalue weighted by atomic mass is 35.5. The lowest BCUT2D eigenvalue weighted by Crippen LogP contribution is -2.02. The molecule has 0 saturated heterocycles. The van der Waals surface area contributed by atoms with Crippen molar-refractivity contribution in [1.29, 1.82) is 0 Å². The van der Waals surface area contributed by atoms with Gasteiger partial charge in [0.2, 0.25) is 0 Å². The molecule has 0 bridgehead atoms. The van der Waals surface area contributed by atoms with Gasteiger partial charge in [0.15, 0.2) is 8.68 Å². The minimum atomic E-state index is 0.611. The van der Waals surface area contributed by atoms with E-state index in [9.17, 15) is 0 Å². The lowest BCUT2D eigenvalue weighted by Gasteiger charge is -2.04. The molecule has 0 saturated carbocycles. The Bertz CT molecular complexity index is 530. The molecule has 18 heavy (non-hydrogen) atoms. The fraction of sp³-hybridized carbons (Fsp3) is 0.273. The van der Waals surface area contributed by atoms with Crippen molar-refractivity contribution < 1.29 is 0 Å². The first-order valence-corrected chi connectivity index (χ1v) is 8.50. The lowest BCUT2D eigenvalue weighted by molar-refractivity contribution is 0.955. The Labute approximate surface area is 124 Å². The van der Waals surface area contributed by atoms with Crippen molar-refractivity contribution in [2.75, 3.05) is 12.8 Å². The number of nitrogens with two attached hydrogens (primary N) is 1. The van der Waals surface area contributed by atoms with E-state index in [4.69, 9.17) is 17.3 Å². The van der Waals surface area contributed by atoms with Crippen LogP contribution in [0.4, 0.5) is 0 Å². The van der Waals surface area contributed by atoms with Crippen molar-refractivity contribution in [2.24, 2.45) is 5.73 Å². The molecule has 0 unspecified atom stereocenters. The molecule has 0 radical (unpaired) electrons. The van der Waals surface area contributed by atoms with Gasteiger partial charge in [-0.15, -0.1) is 10.2 Å². The van der Waals surface area contributed by atoms with E-state index in [0.29, 0.717) is 6.54 Å². The van der Waals surface area contributed by atoms with E-state index < -0.39 is 0 Å². The van der Waals surface area contributed by atoms with Crippen LogP contribution in [0.25, 0.3) is 0 Å². The lowest BCUT2D eigenvalue weighted by atomic mass is 10.1. The Hall–Kier alpha value is -0.270. The largest absolute Gasteiger partial charge is 0.330 e. The van der Waals surface area contributed by atoms with Crippen LogP contribution >= 0.6 is 46.5 Å². The first-order chi connectivity index (χ1) is 8.72. The van der Waals surface area contributed by atoms with Crippen molar-refractivity contribution in [3.05, 3.63) is 28.8 Å². The van der Waals surface area contributed by atoms with Crippen LogP contribution in [0.15, 0.2) is 31.8 Å². The second-order valence-electron chi connectivity index (χ2n) is 3.43. The monoisotopic (exact) mass is 317 g/mol. The normalized spacial score (nSPS) is 10.8. The van der Waals surface area contributed by atoms with Crippen LogP contribution < -0.4 is 5.73 Å². The summed E-state index contributed by atoms with van der Waals surface area (Å²) in [6.45, 7) is 0.611. The van der Waals surface area contributed by atoms with E-state index in [0.717, 1.165) is 30.6 Å². The summed E-state index contributed by atoms with van der Waals surface area (Å²) < 4.78 is 1.91. The molecule has 7 heteroatoms. The fourth-order valence-electron chi connectivity index (χ4n) is 1.37. The highest BCUT2D eigenvalue weighted by Gasteiger charge is 2.07. The summed E-state index contributed by atoms with van der Waals surface area (Å²) in [7, 11) is 0. The number of thioether (sulfide) groups is 1. The molecule has 2 rings (SSSR count). The van der Waals surface area contributed by atoms with Crippen molar-refractivity contribution in [2.45, 2.75) is 20.0 Å². The molecule has 0 spiro atoms. The number of hydrogen-bond donors (Lipinski definition) is 1. The molecule has 0 aliphatic heterocycles. The third kappa shape index (κ3) is 3.61. The highest BCUT2D eigenvalue weighted by molar-refractivity contribution is 8.03. The summed E-state index contributed by atoms with van der Waals surface area (Å²) in [5.41, 5.74) is 6.61. The number of aromatic nitrogens is 2. The zero-order chi connectivity index (χ0) is 13.0. The van der Waals surface area contributed by atoms with E-state index in [1.807, 2.05) is 24.5 Å². The van der Waals surface area contributed by atoms with Gasteiger partial charge in [-0.25, -0.2) is 0 Å². The van der Waals surface area contributed by atoms with Crippen LogP contribution in [0.2, 0.25) is 5.02 Å². The van der Waals surface area contributed by atoms with E-state index in [1.54, 1.807) is 34.9 Å². The van der Waals surface area contributed by atoms with Gasteiger partial charge >= 0.3 is 0 Å². The Morgan fingerprint density at radius 3 is 2.72 bits per heavy atom. The standard InChI is InChI=1S/C11H12ClN3S3/c1-16-10-14-15-11(18-10)17-8-3-2-7(4-5-13)9(12)6-8/h2-3,6H,4-5,13H2,1H3. The highest BCUT2D eigenvalue weighted by Crippen LogP contribution is 2.34. The SMILES string of the molecule is CSc1nnc(Sc2ccc(CCN)c(Cl)c2)s1. The van der Waals surface area contributed by atoms with E-state index in [2.05, 4.69) is 10.2 Å². The summed E-state index contributed by atoms with van der Waals surface area (Å²) in [6.07, 6.45) is 2.80. The van der Waals surface area contributed by atoms with Crippen molar-refractivity contribution in [3.8, 4) is 0 Å². The fourth-order valence-corrected chi connectivity index (χ4v) is 4.16. The number of hydrogen-bond acceptors (Lipinski definition) is 6. The first-order valence-electron chi connectivity index (χ1n) is 5.26. The Balaban J connectivity index is 2.12. The van der Waals surface area contributed by atoms with Gasteiger partial charge in [-0.1, -0.05) is 52.5 Å². The van der Waals surface area contributed by atoms with E-state index in [-0.39, 0.29) is 0 Å². The Morgan fingerprint density at radius 1 is 1.33 bits per heavy atom. The molecule has 96 valence electrons. The van der Waals surface area contributed by atoms with Gasteiger partial charge in [-0.05, 0) is 36.9 Å². The van der Waals surface area contributed by atoms with Gasteiger partial charge in [0, 0.05) is 9.92 Å². The van der Waals surface area contributed by atoms with Gasteiger partial charge in [0.05, 0.1) is 0 Å². The molecule has 2 N–H and O–H groups in total. The minimum Gasteiger partial charge on any atom is -0.330 e. The summed E-state index contributed by atoms with van der Waals surface area (Å²) in [5.74, 6) is 0. The van der Waals surface area contributed by atoms with E-state index >= 15 is 0 Å². The second kappa shape index (κ2) is 6.77. The van der Waals surface area contributed by atoms with Gasteiger partial charge in [0.25, 0.3) is 0 Å². The number of halogens is 1. The molecule has 0 aliphatic rings. The van der Waals surface area contributed by atoms with E-state index in [1.165, 1.54) is 0 Å². The average molecular weight is 318 g/mol. The van der Waals surface area contributed by atoms with Crippen LogP contribution in [-0.4, -0.2) is 23.0 Å².